The number of carboxylic acids is 1. The number of aromatic carboxylic acids is 1. The average Bonchev–Trinajstić information content (AvgIpc) is 2.58. The molecule has 1 aromatic rings. The molecule has 0 radical (unpaired) electrons. The van der Waals surface area contributed by atoms with Crippen LogP contribution in [0.15, 0.2) is 14.7 Å². The van der Waals surface area contributed by atoms with Gasteiger partial charge in [-0.05, 0) is 40.8 Å². The normalized spacial score (nSPS) is 23.7. The molecule has 0 aliphatic heterocycles. The van der Waals surface area contributed by atoms with Crippen molar-refractivity contribution in [2.45, 2.75) is 30.7 Å². The summed E-state index contributed by atoms with van der Waals surface area (Å²) in [6, 6.07) is 1.15. The summed E-state index contributed by atoms with van der Waals surface area (Å²) in [5.74, 6) is -0.586. The lowest BCUT2D eigenvalue weighted by atomic mass is 9.83. The van der Waals surface area contributed by atoms with Gasteiger partial charge in [0, 0.05) is 6.04 Å². The lowest BCUT2D eigenvalue weighted by Gasteiger charge is -2.32. The Bertz CT molecular complexity index is 575. The molecular formula is C10H12BrNO4S2. The quantitative estimate of drug-likeness (QED) is 0.869. The highest BCUT2D eigenvalue weighted by atomic mass is 79.9. The Morgan fingerprint density at radius 1 is 1.56 bits per heavy atom. The third-order valence-electron chi connectivity index (χ3n) is 2.85. The summed E-state index contributed by atoms with van der Waals surface area (Å²) in [4.78, 5) is 10.8. The van der Waals surface area contributed by atoms with Crippen LogP contribution in [0, 0.1) is 5.92 Å². The predicted octanol–water partition coefficient (Wildman–Crippen LogP) is 2.29. The molecule has 0 spiro atoms. The minimum atomic E-state index is -3.64. The third-order valence-corrected chi connectivity index (χ3v) is 6.61. The summed E-state index contributed by atoms with van der Waals surface area (Å²) in [7, 11) is -3.64. The first-order valence-corrected chi connectivity index (χ1v) is 8.44. The maximum Gasteiger partial charge on any atom is 0.345 e. The van der Waals surface area contributed by atoms with Crippen LogP contribution in [0.4, 0.5) is 0 Å². The van der Waals surface area contributed by atoms with Crippen molar-refractivity contribution in [3.8, 4) is 0 Å². The number of thiophene rings is 1. The predicted molar refractivity (Wildman–Crippen MR) is 71.5 cm³/mol. The van der Waals surface area contributed by atoms with Gasteiger partial charge >= 0.3 is 5.97 Å². The topological polar surface area (TPSA) is 83.5 Å². The van der Waals surface area contributed by atoms with Crippen LogP contribution < -0.4 is 4.72 Å². The zero-order valence-corrected chi connectivity index (χ0v) is 12.7. The van der Waals surface area contributed by atoms with Crippen molar-refractivity contribution in [3.63, 3.8) is 0 Å². The van der Waals surface area contributed by atoms with Crippen LogP contribution in [-0.4, -0.2) is 25.5 Å². The molecule has 1 aromatic heterocycles. The zero-order chi connectivity index (χ0) is 13.5. The van der Waals surface area contributed by atoms with E-state index in [-0.39, 0.29) is 15.8 Å². The van der Waals surface area contributed by atoms with E-state index in [0.29, 0.717) is 9.70 Å². The van der Waals surface area contributed by atoms with Gasteiger partial charge < -0.3 is 5.11 Å². The van der Waals surface area contributed by atoms with Crippen molar-refractivity contribution >= 4 is 43.3 Å². The fourth-order valence-corrected chi connectivity index (χ4v) is 5.59. The summed E-state index contributed by atoms with van der Waals surface area (Å²) in [6.07, 6.45) is 1.65. The van der Waals surface area contributed by atoms with Crippen molar-refractivity contribution in [1.29, 1.82) is 0 Å². The van der Waals surface area contributed by atoms with Crippen LogP contribution in [0.2, 0.25) is 0 Å². The van der Waals surface area contributed by atoms with Gasteiger partial charge in [0.2, 0.25) is 10.0 Å². The Hall–Kier alpha value is -0.440. The second kappa shape index (κ2) is 4.92. The molecule has 8 heteroatoms. The van der Waals surface area contributed by atoms with E-state index in [1.165, 1.54) is 6.07 Å². The second-order valence-electron chi connectivity index (χ2n) is 4.45. The molecule has 1 fully saturated rings. The van der Waals surface area contributed by atoms with Crippen molar-refractivity contribution in [1.82, 2.24) is 4.72 Å². The van der Waals surface area contributed by atoms with E-state index in [1.54, 1.807) is 0 Å². The Balaban J connectivity index is 2.21. The van der Waals surface area contributed by atoms with Crippen LogP contribution in [-0.2, 0) is 10.0 Å². The van der Waals surface area contributed by atoms with Gasteiger partial charge in [-0.3, -0.25) is 0 Å². The number of halogens is 1. The highest BCUT2D eigenvalue weighted by Gasteiger charge is 2.31. The van der Waals surface area contributed by atoms with Gasteiger partial charge in [-0.1, -0.05) is 6.92 Å². The van der Waals surface area contributed by atoms with E-state index in [0.717, 1.165) is 24.2 Å². The molecule has 0 amide bonds. The van der Waals surface area contributed by atoms with Crippen LogP contribution in [0.1, 0.15) is 29.4 Å². The summed E-state index contributed by atoms with van der Waals surface area (Å²) in [5.41, 5.74) is 0. The first kappa shape index (κ1) is 14.0. The smallest absolute Gasteiger partial charge is 0.345 e. The van der Waals surface area contributed by atoms with Gasteiger partial charge in [-0.2, -0.15) is 0 Å². The summed E-state index contributed by atoms with van der Waals surface area (Å²) < 4.78 is 27.1. The minimum Gasteiger partial charge on any atom is -0.477 e. The number of sulfonamides is 1. The minimum absolute atomic E-state index is 0.00391. The van der Waals surface area contributed by atoms with E-state index in [2.05, 4.69) is 27.6 Å². The first-order chi connectivity index (χ1) is 8.29. The fraction of sp³-hybridized carbons (Fsp3) is 0.500. The Morgan fingerprint density at radius 2 is 2.17 bits per heavy atom. The molecule has 0 unspecified atom stereocenters. The molecule has 0 aromatic carbocycles. The molecular weight excluding hydrogens is 342 g/mol. The van der Waals surface area contributed by atoms with Gasteiger partial charge in [-0.15, -0.1) is 11.3 Å². The molecule has 0 atom stereocenters. The Kier molecular flexibility index (Phi) is 3.82. The first-order valence-electron chi connectivity index (χ1n) is 5.34. The van der Waals surface area contributed by atoms with E-state index >= 15 is 0 Å². The van der Waals surface area contributed by atoms with Crippen molar-refractivity contribution in [2.75, 3.05) is 0 Å². The van der Waals surface area contributed by atoms with Crippen molar-refractivity contribution < 1.29 is 18.3 Å². The van der Waals surface area contributed by atoms with Gasteiger partial charge in [0.25, 0.3) is 0 Å². The fourth-order valence-electron chi connectivity index (χ4n) is 1.92. The summed E-state index contributed by atoms with van der Waals surface area (Å²) >= 11 is 4.00. The van der Waals surface area contributed by atoms with Crippen molar-refractivity contribution in [2.24, 2.45) is 5.92 Å². The summed E-state index contributed by atoms with van der Waals surface area (Å²) in [6.45, 7) is 2.06. The number of nitrogens with one attached hydrogen (secondary N) is 1. The molecule has 1 aliphatic carbocycles. The van der Waals surface area contributed by atoms with Crippen LogP contribution in [0.25, 0.3) is 0 Å². The van der Waals surface area contributed by atoms with Gasteiger partial charge in [0.05, 0.1) is 3.79 Å². The molecule has 5 nitrogen and oxygen atoms in total. The molecule has 1 aliphatic rings. The zero-order valence-electron chi connectivity index (χ0n) is 9.51. The lowest BCUT2D eigenvalue weighted by molar-refractivity contribution is 0.0702. The lowest BCUT2D eigenvalue weighted by Crippen LogP contribution is -2.43. The molecule has 1 heterocycles. The average molecular weight is 354 g/mol. The SMILES string of the molecule is CC1CC(NS(=O)(=O)c2cc(C(=O)O)sc2Br)C1. The standard InChI is InChI=1S/C10H12BrNO4S2/c1-5-2-6(3-5)12-18(15,16)8-4-7(10(13)14)17-9(8)11/h4-6,12H,2-3H2,1H3,(H,13,14). The molecule has 2 N–H and O–H groups in total. The van der Waals surface area contributed by atoms with Gasteiger partial charge in [0.15, 0.2) is 0 Å². The Morgan fingerprint density at radius 3 is 2.61 bits per heavy atom. The number of rotatable bonds is 4. The van der Waals surface area contributed by atoms with Crippen LogP contribution in [0.3, 0.4) is 0 Å². The maximum atomic E-state index is 12.1. The molecule has 2 rings (SSSR count). The van der Waals surface area contributed by atoms with E-state index in [1.807, 2.05) is 0 Å². The maximum absolute atomic E-state index is 12.1. The molecule has 0 bridgehead atoms. The largest absolute Gasteiger partial charge is 0.477 e. The van der Waals surface area contributed by atoms with Gasteiger partial charge in [-0.25, -0.2) is 17.9 Å². The molecule has 100 valence electrons. The van der Waals surface area contributed by atoms with E-state index in [9.17, 15) is 13.2 Å². The van der Waals surface area contributed by atoms with Crippen LogP contribution in [0.5, 0.6) is 0 Å². The molecule has 0 saturated heterocycles. The van der Waals surface area contributed by atoms with E-state index in [4.69, 9.17) is 5.11 Å². The third kappa shape index (κ3) is 2.76. The molecule has 18 heavy (non-hydrogen) atoms. The number of hydrogen-bond donors (Lipinski definition) is 2. The molecule has 1 saturated carbocycles. The van der Waals surface area contributed by atoms with Crippen molar-refractivity contribution in [3.05, 3.63) is 14.7 Å². The van der Waals surface area contributed by atoms with E-state index < -0.39 is 16.0 Å². The van der Waals surface area contributed by atoms with Crippen LogP contribution >= 0.6 is 27.3 Å². The second-order valence-corrected chi connectivity index (χ2v) is 8.50. The summed E-state index contributed by atoms with van der Waals surface area (Å²) in [5, 5.41) is 8.84. The highest BCUT2D eigenvalue weighted by molar-refractivity contribution is 9.11. The number of hydrogen-bond acceptors (Lipinski definition) is 4. The van der Waals surface area contributed by atoms with Gasteiger partial charge in [0.1, 0.15) is 9.77 Å². The monoisotopic (exact) mass is 353 g/mol. The number of carbonyl (C=O) groups is 1. The Labute approximate surface area is 117 Å². The number of carboxylic acid groups (broad SMARTS) is 1. The highest BCUT2D eigenvalue weighted by Crippen LogP contribution is 2.33.